The highest BCUT2D eigenvalue weighted by atomic mass is 32.1. The maximum Gasteiger partial charge on any atom is 0.290 e. The smallest absolute Gasteiger partial charge is 0.290 e. The van der Waals surface area contributed by atoms with Crippen LogP contribution in [0, 0.1) is 24.2 Å². The molecular weight excluding hydrogens is 348 g/mol. The van der Waals surface area contributed by atoms with E-state index in [0.717, 1.165) is 37.1 Å². The lowest BCUT2D eigenvalue weighted by Gasteiger charge is -2.30. The van der Waals surface area contributed by atoms with Gasteiger partial charge in [-0.15, -0.1) is 11.3 Å². The Balaban J connectivity index is 0.000000758. The summed E-state index contributed by atoms with van der Waals surface area (Å²) < 4.78 is 0. The summed E-state index contributed by atoms with van der Waals surface area (Å²) in [5, 5.41) is 11.2. The molecule has 1 aromatic rings. The molecule has 0 aliphatic heterocycles. The summed E-state index contributed by atoms with van der Waals surface area (Å²) in [6, 6.07) is 0. The van der Waals surface area contributed by atoms with Gasteiger partial charge in [0.2, 0.25) is 5.91 Å². The molecule has 2 aliphatic carbocycles. The van der Waals surface area contributed by atoms with E-state index in [9.17, 15) is 4.79 Å². The molecular formula is C20H32N2O3S. The van der Waals surface area contributed by atoms with Gasteiger partial charge in [0.05, 0.1) is 5.00 Å². The molecule has 0 saturated heterocycles. The Kier molecular flexibility index (Phi) is 7.24. The molecule has 6 heteroatoms. The number of thiophene rings is 1. The van der Waals surface area contributed by atoms with Crippen LogP contribution in [-0.2, 0) is 22.4 Å². The summed E-state index contributed by atoms with van der Waals surface area (Å²) >= 11 is 1.80. The molecule has 4 N–H and O–H groups in total. The Bertz CT molecular complexity index is 639. The van der Waals surface area contributed by atoms with Gasteiger partial charge in [0, 0.05) is 10.8 Å². The molecule has 0 bridgehead atoms. The van der Waals surface area contributed by atoms with Gasteiger partial charge in [-0.2, -0.15) is 0 Å². The number of amides is 1. The summed E-state index contributed by atoms with van der Waals surface area (Å²) in [5.41, 5.74) is 9.05. The van der Waals surface area contributed by atoms with Crippen LogP contribution in [0.5, 0.6) is 0 Å². The van der Waals surface area contributed by atoms with Crippen LogP contribution in [0.15, 0.2) is 0 Å². The second kappa shape index (κ2) is 9.00. The van der Waals surface area contributed by atoms with Gasteiger partial charge in [-0.3, -0.25) is 9.59 Å². The number of carbonyl (C=O) groups is 2. The Hall–Kier alpha value is -1.40. The zero-order chi connectivity index (χ0) is 19.3. The van der Waals surface area contributed by atoms with E-state index in [2.05, 4.69) is 26.1 Å². The molecule has 5 nitrogen and oxygen atoms in total. The Morgan fingerprint density at radius 3 is 2.69 bits per heavy atom. The van der Waals surface area contributed by atoms with E-state index < -0.39 is 0 Å². The minimum Gasteiger partial charge on any atom is -0.483 e. The number of nitrogens with two attached hydrogens (primary N) is 1. The van der Waals surface area contributed by atoms with Crippen molar-refractivity contribution < 1.29 is 14.7 Å². The van der Waals surface area contributed by atoms with E-state index in [1.54, 1.807) is 11.3 Å². The zero-order valence-electron chi connectivity index (χ0n) is 16.1. The van der Waals surface area contributed by atoms with E-state index in [1.165, 1.54) is 28.8 Å². The number of hydrogen-bond acceptors (Lipinski definition) is 4. The Morgan fingerprint density at radius 2 is 2.04 bits per heavy atom. The molecule has 2 aliphatic rings. The van der Waals surface area contributed by atoms with Crippen LogP contribution < -0.4 is 11.1 Å². The van der Waals surface area contributed by atoms with Crippen LogP contribution in [0.4, 0.5) is 5.00 Å². The molecule has 0 radical (unpaired) electrons. The lowest BCUT2D eigenvalue weighted by atomic mass is 9.76. The second-order valence-corrected chi connectivity index (χ2v) is 9.39. The number of hydrogen-bond donors (Lipinski definition) is 3. The summed E-state index contributed by atoms with van der Waals surface area (Å²) in [5.74, 6) is 0.655. The molecule has 1 saturated carbocycles. The molecule has 1 fully saturated rings. The van der Waals surface area contributed by atoms with Crippen molar-refractivity contribution in [2.45, 2.75) is 65.7 Å². The fraction of sp³-hybridized carbons (Fsp3) is 0.700. The normalized spacial score (nSPS) is 24.0. The van der Waals surface area contributed by atoms with Crippen LogP contribution in [0.25, 0.3) is 0 Å². The van der Waals surface area contributed by atoms with Crippen molar-refractivity contribution in [1.29, 1.82) is 0 Å². The maximum absolute atomic E-state index is 12.8. The van der Waals surface area contributed by atoms with Crippen molar-refractivity contribution in [3.05, 3.63) is 16.0 Å². The Labute approximate surface area is 160 Å². The minimum atomic E-state index is -0.250. The molecule has 2 atom stereocenters. The minimum absolute atomic E-state index is 0.101. The summed E-state index contributed by atoms with van der Waals surface area (Å²) in [6.07, 6.45) is 7.99. The first kappa shape index (κ1) is 20.9. The number of carbonyl (C=O) groups excluding carboxylic acids is 1. The van der Waals surface area contributed by atoms with Crippen molar-refractivity contribution in [1.82, 2.24) is 0 Å². The molecule has 1 aromatic heterocycles. The number of fused-ring (bicyclic) bond motifs is 1. The molecule has 146 valence electrons. The first-order chi connectivity index (χ1) is 12.3. The third-order valence-corrected chi connectivity index (χ3v) is 7.13. The quantitative estimate of drug-likeness (QED) is 0.692. The monoisotopic (exact) mass is 380 g/mol. The molecule has 0 spiro atoms. The van der Waals surface area contributed by atoms with Crippen LogP contribution in [0.3, 0.4) is 0 Å². The fourth-order valence-corrected chi connectivity index (χ4v) is 5.45. The number of rotatable bonds is 3. The average molecular weight is 381 g/mol. The average Bonchev–Trinajstić information content (AvgIpc) is 2.90. The first-order valence-corrected chi connectivity index (χ1v) is 10.3. The van der Waals surface area contributed by atoms with Gasteiger partial charge in [0.1, 0.15) is 0 Å². The molecule has 3 rings (SSSR count). The largest absolute Gasteiger partial charge is 0.483 e. The highest BCUT2D eigenvalue weighted by Crippen LogP contribution is 2.43. The van der Waals surface area contributed by atoms with Gasteiger partial charge >= 0.3 is 0 Å². The van der Waals surface area contributed by atoms with Crippen molar-refractivity contribution in [3.8, 4) is 0 Å². The predicted molar refractivity (Wildman–Crippen MR) is 107 cm³/mol. The molecule has 0 aromatic carbocycles. The van der Waals surface area contributed by atoms with E-state index in [1.807, 2.05) is 0 Å². The topological polar surface area (TPSA) is 92.4 Å². The fourth-order valence-electron chi connectivity index (χ4n) is 4.22. The Morgan fingerprint density at radius 1 is 1.38 bits per heavy atom. The van der Waals surface area contributed by atoms with E-state index in [-0.39, 0.29) is 18.3 Å². The van der Waals surface area contributed by atoms with Crippen LogP contribution in [-0.4, -0.2) is 24.0 Å². The van der Waals surface area contributed by atoms with E-state index in [4.69, 9.17) is 15.6 Å². The third kappa shape index (κ3) is 4.86. The highest BCUT2D eigenvalue weighted by molar-refractivity contribution is 7.16. The van der Waals surface area contributed by atoms with Crippen LogP contribution in [0.1, 0.15) is 62.0 Å². The lowest BCUT2D eigenvalue weighted by molar-refractivity contribution is -0.123. The first-order valence-electron chi connectivity index (χ1n) is 9.53. The van der Waals surface area contributed by atoms with Gasteiger partial charge in [-0.25, -0.2) is 0 Å². The summed E-state index contributed by atoms with van der Waals surface area (Å²) in [4.78, 5) is 22.6. The molecule has 26 heavy (non-hydrogen) atoms. The zero-order valence-corrected chi connectivity index (χ0v) is 17.0. The molecule has 1 amide bonds. The standard InChI is InChI=1S/C19H30N2OS.CH2O2/c1-12-15-10-19(2,3)9-8-16(15)23-18(12)21-17(22)14-7-5-4-6-13(14)11-20;2-1-3/h13-14H,4-11,20H2,1-3H3,(H,21,22);1H,(H,2,3). The van der Waals surface area contributed by atoms with E-state index in [0.29, 0.717) is 17.9 Å². The highest BCUT2D eigenvalue weighted by Gasteiger charge is 2.32. The lowest BCUT2D eigenvalue weighted by Crippen LogP contribution is -2.35. The summed E-state index contributed by atoms with van der Waals surface area (Å²) in [6.45, 7) is 7.25. The third-order valence-electron chi connectivity index (χ3n) is 5.82. The second-order valence-electron chi connectivity index (χ2n) is 8.28. The number of anilines is 1. The predicted octanol–water partition coefficient (Wildman–Crippen LogP) is 3.98. The van der Waals surface area contributed by atoms with Gasteiger partial charge in [-0.1, -0.05) is 26.7 Å². The SMILES string of the molecule is Cc1c(NC(=O)C2CCCCC2CN)sc2c1CC(C)(C)CC2.O=CO. The van der Waals surface area contributed by atoms with Gasteiger partial charge in [0.25, 0.3) is 6.47 Å². The van der Waals surface area contributed by atoms with Crippen molar-refractivity contribution >= 4 is 28.7 Å². The van der Waals surface area contributed by atoms with Gasteiger partial charge < -0.3 is 16.2 Å². The van der Waals surface area contributed by atoms with Gasteiger partial charge in [-0.05, 0) is 68.0 Å². The molecule has 2 unspecified atom stereocenters. The van der Waals surface area contributed by atoms with Crippen molar-refractivity contribution in [3.63, 3.8) is 0 Å². The maximum atomic E-state index is 12.8. The molecule has 1 heterocycles. The summed E-state index contributed by atoms with van der Waals surface area (Å²) in [7, 11) is 0. The number of aryl methyl sites for hydroxylation is 1. The van der Waals surface area contributed by atoms with Crippen molar-refractivity contribution in [2.24, 2.45) is 23.0 Å². The number of carboxylic acid groups (broad SMARTS) is 1. The van der Waals surface area contributed by atoms with E-state index >= 15 is 0 Å². The van der Waals surface area contributed by atoms with Crippen LogP contribution >= 0.6 is 11.3 Å². The number of nitrogens with one attached hydrogen (secondary N) is 1. The van der Waals surface area contributed by atoms with Crippen molar-refractivity contribution in [2.75, 3.05) is 11.9 Å². The van der Waals surface area contributed by atoms with Gasteiger partial charge in [0.15, 0.2) is 0 Å². The van der Waals surface area contributed by atoms with Crippen LogP contribution in [0.2, 0.25) is 0 Å².